The summed E-state index contributed by atoms with van der Waals surface area (Å²) in [6.45, 7) is 2.26. The fourth-order valence-electron chi connectivity index (χ4n) is 4.87. The number of nitrogens with one attached hydrogen (secondary N) is 1. The van der Waals surface area contributed by atoms with E-state index in [-0.39, 0.29) is 11.8 Å². The number of hydrogen-bond donors (Lipinski definition) is 1. The maximum Gasteiger partial charge on any atom is 0.322 e. The lowest BCUT2D eigenvalue weighted by molar-refractivity contribution is 0.194. The molecule has 1 N–H and O–H groups in total. The average Bonchev–Trinajstić information content (AvgIpc) is 3.47. The summed E-state index contributed by atoms with van der Waals surface area (Å²) >= 11 is 6.04. The van der Waals surface area contributed by atoms with Crippen LogP contribution in [0.3, 0.4) is 0 Å². The summed E-state index contributed by atoms with van der Waals surface area (Å²) in [5.74, 6) is 0.543. The van der Waals surface area contributed by atoms with Gasteiger partial charge in [0.25, 0.3) is 0 Å². The van der Waals surface area contributed by atoms with Crippen LogP contribution in [-0.2, 0) is 6.54 Å². The molecule has 0 bridgehead atoms. The van der Waals surface area contributed by atoms with E-state index in [4.69, 9.17) is 16.7 Å². The van der Waals surface area contributed by atoms with Gasteiger partial charge in [-0.3, -0.25) is 0 Å². The van der Waals surface area contributed by atoms with Crippen LogP contribution in [-0.4, -0.2) is 25.3 Å². The number of hydrogen-bond acceptors (Lipinski definition) is 2. The van der Waals surface area contributed by atoms with Crippen LogP contribution in [0.15, 0.2) is 97.2 Å². The fourth-order valence-corrected chi connectivity index (χ4v) is 5.00. The molecule has 1 atom stereocenters. The van der Waals surface area contributed by atoms with Crippen molar-refractivity contribution in [2.24, 2.45) is 0 Å². The van der Waals surface area contributed by atoms with Crippen LogP contribution in [0, 0.1) is 12.7 Å². The number of urea groups is 1. The third kappa shape index (κ3) is 4.17. The van der Waals surface area contributed by atoms with E-state index >= 15 is 0 Å². The number of amides is 2. The molecule has 2 amide bonds. The summed E-state index contributed by atoms with van der Waals surface area (Å²) in [6.07, 6.45) is 1.98. The molecular weight excluding hydrogens is 489 g/mol. The van der Waals surface area contributed by atoms with Gasteiger partial charge in [-0.05, 0) is 73.2 Å². The Morgan fingerprint density at radius 3 is 2.43 bits per heavy atom. The highest BCUT2D eigenvalue weighted by molar-refractivity contribution is 6.30. The van der Waals surface area contributed by atoms with Crippen molar-refractivity contribution in [1.29, 1.82) is 0 Å². The van der Waals surface area contributed by atoms with E-state index in [1.165, 1.54) is 12.1 Å². The molecule has 0 spiro atoms. The molecule has 3 aromatic carbocycles. The largest absolute Gasteiger partial charge is 0.322 e. The molecule has 5 aromatic rings. The second-order valence-corrected chi connectivity index (χ2v) is 9.39. The number of para-hydroxylation sites is 1. The Bertz CT molecular complexity index is 1580. The first-order valence-corrected chi connectivity index (χ1v) is 12.3. The van der Waals surface area contributed by atoms with E-state index in [0.717, 1.165) is 34.0 Å². The van der Waals surface area contributed by atoms with Gasteiger partial charge in [0.1, 0.15) is 11.6 Å². The van der Waals surface area contributed by atoms with Gasteiger partial charge in [-0.2, -0.15) is 5.10 Å². The van der Waals surface area contributed by atoms with E-state index in [9.17, 15) is 9.18 Å². The highest BCUT2D eigenvalue weighted by Gasteiger charge is 2.36. The Labute approximate surface area is 218 Å². The van der Waals surface area contributed by atoms with Crippen molar-refractivity contribution in [3.63, 3.8) is 0 Å². The number of aromatic nitrogens is 3. The number of anilines is 1. The van der Waals surface area contributed by atoms with Gasteiger partial charge in [0.15, 0.2) is 0 Å². The summed E-state index contributed by atoms with van der Waals surface area (Å²) in [5.41, 5.74) is 4.97. The minimum atomic E-state index is -0.473. The molecular formula is C29H23ClFN5O. The molecule has 2 aromatic heterocycles. The lowest BCUT2D eigenvalue weighted by Gasteiger charge is -2.31. The summed E-state index contributed by atoms with van der Waals surface area (Å²) in [4.78, 5) is 15.6. The Kier molecular flexibility index (Phi) is 5.77. The molecule has 0 radical (unpaired) electrons. The van der Waals surface area contributed by atoms with E-state index < -0.39 is 6.04 Å². The molecule has 1 aliphatic rings. The van der Waals surface area contributed by atoms with E-state index in [2.05, 4.69) is 9.88 Å². The van der Waals surface area contributed by atoms with Gasteiger partial charge in [0.2, 0.25) is 0 Å². The molecule has 37 heavy (non-hydrogen) atoms. The first kappa shape index (κ1) is 23.1. The number of rotatable bonds is 3. The van der Waals surface area contributed by atoms with E-state index in [1.807, 2.05) is 60.3 Å². The first-order valence-electron chi connectivity index (χ1n) is 11.9. The van der Waals surface area contributed by atoms with Crippen molar-refractivity contribution in [3.8, 4) is 11.5 Å². The van der Waals surface area contributed by atoms with Crippen molar-refractivity contribution in [3.05, 3.63) is 131 Å². The van der Waals surface area contributed by atoms with Gasteiger partial charge in [-0.15, -0.1) is 0 Å². The van der Waals surface area contributed by atoms with Gasteiger partial charge in [-0.25, -0.2) is 13.9 Å². The Hall–Kier alpha value is -4.36. The number of aryl methyl sites for hydroxylation is 1. The molecule has 1 unspecified atom stereocenters. The number of fused-ring (bicyclic) bond motifs is 3. The van der Waals surface area contributed by atoms with Crippen LogP contribution in [0.1, 0.15) is 28.6 Å². The molecule has 184 valence electrons. The molecule has 6 rings (SSSR count). The normalized spacial score (nSPS) is 14.6. The molecule has 1 aliphatic heterocycles. The average molecular weight is 512 g/mol. The molecule has 8 heteroatoms. The van der Waals surface area contributed by atoms with Crippen LogP contribution in [0.4, 0.5) is 14.9 Å². The van der Waals surface area contributed by atoms with Crippen molar-refractivity contribution >= 4 is 23.3 Å². The van der Waals surface area contributed by atoms with Crippen molar-refractivity contribution < 1.29 is 9.18 Å². The second kappa shape index (κ2) is 9.26. The number of benzene rings is 3. The zero-order valence-electron chi connectivity index (χ0n) is 20.0. The number of halogens is 2. The third-order valence-corrected chi connectivity index (χ3v) is 6.88. The third-order valence-electron chi connectivity index (χ3n) is 6.63. The van der Waals surface area contributed by atoms with Gasteiger partial charge >= 0.3 is 6.03 Å². The Morgan fingerprint density at radius 2 is 1.70 bits per heavy atom. The molecule has 3 heterocycles. The maximum absolute atomic E-state index is 13.9. The van der Waals surface area contributed by atoms with E-state index in [0.29, 0.717) is 17.3 Å². The lowest BCUT2D eigenvalue weighted by atomic mass is 10.0. The summed E-state index contributed by atoms with van der Waals surface area (Å²) in [5, 5.41) is 8.45. The van der Waals surface area contributed by atoms with Gasteiger partial charge < -0.3 is 14.8 Å². The standard InChI is InChI=1S/C29H23ClFN5O/c1-19-25-18-35(29(37)32-23-15-11-21(30)12-16-23)27(20-9-13-22(31)14-10-20)26-8-5-17-34(26)28(25)36(33-19)24-6-3-2-4-7-24/h2-17,27H,18H2,1H3,(H,32,37). The van der Waals surface area contributed by atoms with Crippen LogP contribution in [0.25, 0.3) is 11.5 Å². The lowest BCUT2D eigenvalue weighted by Crippen LogP contribution is -2.38. The zero-order chi connectivity index (χ0) is 25.5. The second-order valence-electron chi connectivity index (χ2n) is 8.96. The topological polar surface area (TPSA) is 55.1 Å². The number of carbonyl (C=O) groups is 1. The van der Waals surface area contributed by atoms with Crippen LogP contribution >= 0.6 is 11.6 Å². The number of nitrogens with zero attached hydrogens (tertiary/aromatic N) is 4. The minimum Gasteiger partial charge on any atom is -0.308 e. The summed E-state index contributed by atoms with van der Waals surface area (Å²) in [7, 11) is 0. The smallest absolute Gasteiger partial charge is 0.308 e. The summed E-state index contributed by atoms with van der Waals surface area (Å²) < 4.78 is 17.9. The first-order chi connectivity index (χ1) is 18.0. The number of carbonyl (C=O) groups excluding carboxylic acids is 1. The van der Waals surface area contributed by atoms with Gasteiger partial charge in [-0.1, -0.05) is 41.9 Å². The fraction of sp³-hybridized carbons (Fsp3) is 0.103. The predicted octanol–water partition coefficient (Wildman–Crippen LogP) is 6.90. The van der Waals surface area contributed by atoms with Crippen LogP contribution in [0.2, 0.25) is 5.02 Å². The quantitative estimate of drug-likeness (QED) is 0.286. The van der Waals surface area contributed by atoms with Crippen molar-refractivity contribution in [2.75, 3.05) is 5.32 Å². The van der Waals surface area contributed by atoms with Crippen molar-refractivity contribution in [1.82, 2.24) is 19.2 Å². The molecule has 6 nitrogen and oxygen atoms in total. The highest BCUT2D eigenvalue weighted by atomic mass is 35.5. The zero-order valence-corrected chi connectivity index (χ0v) is 20.7. The molecule has 0 saturated carbocycles. The summed E-state index contributed by atoms with van der Waals surface area (Å²) in [6, 6.07) is 26.4. The van der Waals surface area contributed by atoms with Gasteiger partial charge in [0.05, 0.1) is 29.7 Å². The Morgan fingerprint density at radius 1 is 0.973 bits per heavy atom. The SMILES string of the molecule is Cc1nn(-c2ccccc2)c2c1CN(C(=O)Nc1ccc(Cl)cc1)C(c1ccc(F)cc1)c1cccn1-2. The van der Waals surface area contributed by atoms with Crippen molar-refractivity contribution in [2.45, 2.75) is 19.5 Å². The maximum atomic E-state index is 13.9. The van der Waals surface area contributed by atoms with Crippen LogP contribution in [0.5, 0.6) is 0 Å². The molecule has 0 fully saturated rings. The van der Waals surface area contributed by atoms with E-state index in [1.54, 1.807) is 41.3 Å². The highest BCUT2D eigenvalue weighted by Crippen LogP contribution is 2.38. The van der Waals surface area contributed by atoms with Gasteiger partial charge in [0, 0.05) is 22.5 Å². The minimum absolute atomic E-state index is 0.288. The monoisotopic (exact) mass is 511 g/mol. The Balaban J connectivity index is 1.53. The predicted molar refractivity (Wildman–Crippen MR) is 142 cm³/mol. The molecule has 0 saturated heterocycles. The van der Waals surface area contributed by atoms with Crippen LogP contribution < -0.4 is 5.32 Å². The molecule has 0 aliphatic carbocycles.